The first kappa shape index (κ1) is 13.3. The van der Waals surface area contributed by atoms with E-state index in [1.165, 1.54) is 49.7 Å². The lowest BCUT2D eigenvalue weighted by atomic mass is 10.0. The topological polar surface area (TPSA) is 0 Å². The van der Waals surface area contributed by atoms with Crippen LogP contribution in [0.4, 0.5) is 0 Å². The maximum absolute atomic E-state index is 2.31. The zero-order valence-corrected chi connectivity index (χ0v) is 11.1. The quantitative estimate of drug-likeness (QED) is 0.556. The first-order valence-corrected chi connectivity index (χ1v) is 6.74. The van der Waals surface area contributed by atoms with Gasteiger partial charge in [0.2, 0.25) is 0 Å². The van der Waals surface area contributed by atoms with Crippen molar-refractivity contribution in [3.8, 4) is 0 Å². The Bertz CT molecular complexity index is 286. The second kappa shape index (κ2) is 7.49. The number of unbranched alkanes of at least 4 members (excludes halogenated alkanes) is 3. The van der Waals surface area contributed by atoms with E-state index in [1.54, 1.807) is 0 Å². The van der Waals surface area contributed by atoms with E-state index in [4.69, 9.17) is 0 Å². The molecule has 90 valence electrons. The Morgan fingerprint density at radius 3 is 2.44 bits per heavy atom. The summed E-state index contributed by atoms with van der Waals surface area (Å²) >= 11 is 0. The van der Waals surface area contributed by atoms with Gasteiger partial charge in [-0.2, -0.15) is 0 Å². The Morgan fingerprint density at radius 2 is 1.75 bits per heavy atom. The van der Waals surface area contributed by atoms with Crippen molar-refractivity contribution in [2.24, 2.45) is 5.92 Å². The zero-order chi connectivity index (χ0) is 11.8. The summed E-state index contributed by atoms with van der Waals surface area (Å²) in [6.07, 6.45) is 8.20. The first-order chi connectivity index (χ1) is 7.68. The van der Waals surface area contributed by atoms with Crippen LogP contribution in [0.3, 0.4) is 0 Å². The van der Waals surface area contributed by atoms with Crippen LogP contribution in [0.15, 0.2) is 24.3 Å². The molecule has 1 rings (SSSR count). The Kier molecular flexibility index (Phi) is 6.22. The summed E-state index contributed by atoms with van der Waals surface area (Å²) in [5, 5.41) is 0. The third kappa shape index (κ3) is 5.95. The van der Waals surface area contributed by atoms with E-state index in [0.717, 1.165) is 5.92 Å². The van der Waals surface area contributed by atoms with Crippen molar-refractivity contribution in [3.05, 3.63) is 35.4 Å². The molecule has 0 spiro atoms. The Hall–Kier alpha value is -0.780. The molecule has 0 atom stereocenters. The molecule has 0 N–H and O–H groups in total. The average molecular weight is 218 g/mol. The third-order valence-electron chi connectivity index (χ3n) is 3.08. The van der Waals surface area contributed by atoms with Gasteiger partial charge in [-0.3, -0.25) is 0 Å². The van der Waals surface area contributed by atoms with Gasteiger partial charge in [0.05, 0.1) is 0 Å². The summed E-state index contributed by atoms with van der Waals surface area (Å²) in [5.41, 5.74) is 2.89. The van der Waals surface area contributed by atoms with E-state index >= 15 is 0 Å². The van der Waals surface area contributed by atoms with Gasteiger partial charge in [0, 0.05) is 0 Å². The summed E-state index contributed by atoms with van der Waals surface area (Å²) in [6, 6.07) is 8.91. The highest BCUT2D eigenvalue weighted by Crippen LogP contribution is 2.12. The number of hydrogen-bond donors (Lipinski definition) is 0. The van der Waals surface area contributed by atoms with E-state index in [-0.39, 0.29) is 0 Å². The normalized spacial score (nSPS) is 11.0. The van der Waals surface area contributed by atoms with Gasteiger partial charge < -0.3 is 0 Å². The molecule has 0 fully saturated rings. The highest BCUT2D eigenvalue weighted by molar-refractivity contribution is 5.22. The molecule has 16 heavy (non-hydrogen) atoms. The Labute approximate surface area is 101 Å². The van der Waals surface area contributed by atoms with Crippen LogP contribution in [0.5, 0.6) is 0 Å². The van der Waals surface area contributed by atoms with E-state index in [2.05, 4.69) is 45.0 Å². The molecule has 0 radical (unpaired) electrons. The summed E-state index contributed by atoms with van der Waals surface area (Å²) < 4.78 is 0. The Morgan fingerprint density at radius 1 is 1.00 bits per heavy atom. The van der Waals surface area contributed by atoms with Crippen molar-refractivity contribution in [1.29, 1.82) is 0 Å². The van der Waals surface area contributed by atoms with Crippen molar-refractivity contribution >= 4 is 0 Å². The molecule has 0 saturated carbocycles. The third-order valence-corrected chi connectivity index (χ3v) is 3.08. The smallest absolute Gasteiger partial charge is 0.0279 e. The molecule has 0 aromatic heterocycles. The van der Waals surface area contributed by atoms with E-state index in [1.807, 2.05) is 0 Å². The van der Waals surface area contributed by atoms with Crippen LogP contribution in [0.1, 0.15) is 57.1 Å². The highest BCUT2D eigenvalue weighted by Gasteiger charge is 1.96. The van der Waals surface area contributed by atoms with Crippen LogP contribution in [0.25, 0.3) is 0 Å². The van der Waals surface area contributed by atoms with Crippen LogP contribution >= 0.6 is 0 Å². The van der Waals surface area contributed by atoms with Gasteiger partial charge in [-0.25, -0.2) is 0 Å². The van der Waals surface area contributed by atoms with Crippen LogP contribution in [0.2, 0.25) is 0 Å². The number of rotatable bonds is 7. The molecule has 0 saturated heterocycles. The van der Waals surface area contributed by atoms with Gasteiger partial charge in [-0.05, 0) is 31.2 Å². The van der Waals surface area contributed by atoms with Gasteiger partial charge in [0.15, 0.2) is 0 Å². The molecule has 1 aromatic carbocycles. The number of aryl methyl sites for hydroxylation is 2. The lowest BCUT2D eigenvalue weighted by molar-refractivity contribution is 0.520. The Balaban J connectivity index is 2.07. The van der Waals surface area contributed by atoms with Crippen molar-refractivity contribution in [1.82, 2.24) is 0 Å². The van der Waals surface area contributed by atoms with Crippen molar-refractivity contribution in [2.75, 3.05) is 0 Å². The minimum Gasteiger partial charge on any atom is -0.0628 e. The largest absolute Gasteiger partial charge is 0.0628 e. The van der Waals surface area contributed by atoms with Crippen molar-refractivity contribution in [2.45, 2.75) is 59.3 Å². The van der Waals surface area contributed by atoms with Gasteiger partial charge in [-0.1, -0.05) is 69.4 Å². The predicted molar refractivity (Wildman–Crippen MR) is 72.8 cm³/mol. The summed E-state index contributed by atoms with van der Waals surface area (Å²) in [6.45, 7) is 6.80. The molecule has 0 aliphatic heterocycles. The van der Waals surface area contributed by atoms with Crippen LogP contribution in [-0.2, 0) is 6.42 Å². The fraction of sp³-hybridized carbons (Fsp3) is 0.625. The van der Waals surface area contributed by atoms with Gasteiger partial charge in [0.1, 0.15) is 0 Å². The lowest BCUT2D eigenvalue weighted by Gasteiger charge is -2.05. The van der Waals surface area contributed by atoms with Gasteiger partial charge in [-0.15, -0.1) is 0 Å². The maximum atomic E-state index is 2.31. The molecular weight excluding hydrogens is 192 g/mol. The SMILES string of the molecule is Cc1cccc(CCCCCCC(C)C)c1. The molecular formula is C16H26. The fourth-order valence-corrected chi connectivity index (χ4v) is 2.10. The molecule has 0 bridgehead atoms. The lowest BCUT2D eigenvalue weighted by Crippen LogP contribution is -1.89. The van der Waals surface area contributed by atoms with E-state index < -0.39 is 0 Å². The molecule has 1 aromatic rings. The number of benzene rings is 1. The standard InChI is InChI=1S/C16H26/c1-14(2)9-6-4-5-7-11-16-12-8-10-15(3)13-16/h8,10,12-14H,4-7,9,11H2,1-3H3. The summed E-state index contributed by atoms with van der Waals surface area (Å²) in [5.74, 6) is 0.872. The van der Waals surface area contributed by atoms with Crippen molar-refractivity contribution in [3.63, 3.8) is 0 Å². The van der Waals surface area contributed by atoms with Gasteiger partial charge in [0.25, 0.3) is 0 Å². The monoisotopic (exact) mass is 218 g/mol. The molecule has 0 heteroatoms. The summed E-state index contributed by atoms with van der Waals surface area (Å²) in [4.78, 5) is 0. The second-order valence-electron chi connectivity index (χ2n) is 5.34. The average Bonchev–Trinajstić information content (AvgIpc) is 2.23. The van der Waals surface area contributed by atoms with Crippen LogP contribution < -0.4 is 0 Å². The summed E-state index contributed by atoms with van der Waals surface area (Å²) in [7, 11) is 0. The fourth-order valence-electron chi connectivity index (χ4n) is 2.10. The van der Waals surface area contributed by atoms with E-state index in [9.17, 15) is 0 Å². The molecule has 0 amide bonds. The predicted octanol–water partition coefficient (Wildman–Crippen LogP) is 5.14. The second-order valence-corrected chi connectivity index (χ2v) is 5.34. The number of hydrogen-bond acceptors (Lipinski definition) is 0. The molecule has 0 aliphatic rings. The van der Waals surface area contributed by atoms with Crippen LogP contribution in [-0.4, -0.2) is 0 Å². The first-order valence-electron chi connectivity index (χ1n) is 6.74. The molecule has 0 unspecified atom stereocenters. The minimum atomic E-state index is 0.872. The maximum Gasteiger partial charge on any atom is -0.0279 e. The van der Waals surface area contributed by atoms with E-state index in [0.29, 0.717) is 0 Å². The van der Waals surface area contributed by atoms with Gasteiger partial charge >= 0.3 is 0 Å². The van der Waals surface area contributed by atoms with Crippen molar-refractivity contribution < 1.29 is 0 Å². The minimum absolute atomic E-state index is 0.872. The molecule has 0 aliphatic carbocycles. The molecule has 0 nitrogen and oxygen atoms in total. The molecule has 0 heterocycles. The van der Waals surface area contributed by atoms with Crippen LogP contribution in [0, 0.1) is 12.8 Å². The highest BCUT2D eigenvalue weighted by atomic mass is 14.0. The zero-order valence-electron chi connectivity index (χ0n) is 11.1.